The van der Waals surface area contributed by atoms with Crippen molar-refractivity contribution >= 4 is 15.9 Å². The molecule has 0 aliphatic carbocycles. The molecule has 3 nitrogen and oxygen atoms in total. The number of aliphatic hydroxyl groups excluding tert-OH is 1. The Morgan fingerprint density at radius 1 is 1.43 bits per heavy atom. The van der Waals surface area contributed by atoms with Crippen LogP contribution in [0, 0.1) is 6.61 Å². The van der Waals surface area contributed by atoms with Crippen LogP contribution >= 0.6 is 15.9 Å². The Kier molecular flexibility index (Phi) is 4.93. The summed E-state index contributed by atoms with van der Waals surface area (Å²) in [4.78, 5) is 0. The van der Waals surface area contributed by atoms with Crippen LogP contribution in [0.2, 0.25) is 0 Å². The highest BCUT2D eigenvalue weighted by Gasteiger charge is 2.05. The Bertz CT molecular complexity index is 289. The molecule has 0 bridgehead atoms. The molecule has 0 heterocycles. The molecule has 0 fully saturated rings. The predicted molar refractivity (Wildman–Crippen MR) is 56.9 cm³/mol. The third kappa shape index (κ3) is 2.97. The molecule has 0 aliphatic rings. The van der Waals surface area contributed by atoms with Gasteiger partial charge in [-0.25, -0.2) is 0 Å². The first-order valence-electron chi connectivity index (χ1n) is 4.17. The number of halogens is 1. The largest absolute Gasteiger partial charge is 0.490 e. The molecular weight excluding hydrogens is 248 g/mol. The number of hydrogen-bond acceptors (Lipinski definition) is 3. The molecule has 0 amide bonds. The van der Waals surface area contributed by atoms with Crippen LogP contribution < -0.4 is 4.74 Å². The molecule has 1 aromatic rings. The van der Waals surface area contributed by atoms with Gasteiger partial charge in [0.15, 0.2) is 0 Å². The van der Waals surface area contributed by atoms with Crippen molar-refractivity contribution in [3.8, 4) is 5.75 Å². The summed E-state index contributed by atoms with van der Waals surface area (Å²) in [6, 6.07) is 5.43. The minimum atomic E-state index is 0.490. The minimum Gasteiger partial charge on any atom is -0.490 e. The number of ether oxygens (including phenoxy) is 2. The van der Waals surface area contributed by atoms with Gasteiger partial charge in [0.2, 0.25) is 0 Å². The molecule has 0 saturated carbocycles. The van der Waals surface area contributed by atoms with E-state index < -0.39 is 0 Å². The van der Waals surface area contributed by atoms with E-state index in [0.717, 1.165) is 11.1 Å². The summed E-state index contributed by atoms with van der Waals surface area (Å²) in [7, 11) is 1.62. The Labute approximate surface area is 91.8 Å². The molecule has 0 spiro atoms. The molecule has 0 saturated heterocycles. The molecule has 77 valence electrons. The lowest BCUT2D eigenvalue weighted by Crippen LogP contribution is -2.05. The Morgan fingerprint density at radius 2 is 2.21 bits per heavy atom. The van der Waals surface area contributed by atoms with Crippen molar-refractivity contribution in [2.75, 3.05) is 20.3 Å². The second-order valence-corrected chi connectivity index (χ2v) is 3.42. The highest BCUT2D eigenvalue weighted by molar-refractivity contribution is 9.10. The van der Waals surface area contributed by atoms with E-state index in [4.69, 9.17) is 14.6 Å². The van der Waals surface area contributed by atoms with Crippen molar-refractivity contribution in [2.45, 2.75) is 0 Å². The SMILES string of the molecule is COCCOc1cccc([CH]O)c1Br. The molecular formula is C10H12BrO3. The predicted octanol–water partition coefficient (Wildman–Crippen LogP) is 2.36. The fraction of sp³-hybridized carbons (Fsp3) is 0.300. The van der Waals surface area contributed by atoms with Crippen molar-refractivity contribution in [1.29, 1.82) is 0 Å². The summed E-state index contributed by atoms with van der Waals surface area (Å²) >= 11 is 3.34. The second kappa shape index (κ2) is 6.01. The van der Waals surface area contributed by atoms with E-state index in [1.54, 1.807) is 13.2 Å². The number of hydrogen-bond donors (Lipinski definition) is 1. The monoisotopic (exact) mass is 259 g/mol. The number of aliphatic hydroxyl groups is 1. The first kappa shape index (κ1) is 11.5. The second-order valence-electron chi connectivity index (χ2n) is 2.63. The lowest BCUT2D eigenvalue weighted by Gasteiger charge is -2.09. The van der Waals surface area contributed by atoms with Gasteiger partial charge in [-0.05, 0) is 22.0 Å². The van der Waals surface area contributed by atoms with Crippen molar-refractivity contribution < 1.29 is 14.6 Å². The summed E-state index contributed by atoms with van der Waals surface area (Å²) in [6.07, 6.45) is 0. The van der Waals surface area contributed by atoms with Gasteiger partial charge in [-0.3, -0.25) is 0 Å². The number of benzene rings is 1. The van der Waals surface area contributed by atoms with E-state index in [9.17, 15) is 0 Å². The fourth-order valence-corrected chi connectivity index (χ4v) is 1.46. The highest BCUT2D eigenvalue weighted by Crippen LogP contribution is 2.28. The van der Waals surface area contributed by atoms with Crippen LogP contribution in [0.3, 0.4) is 0 Å². The van der Waals surface area contributed by atoms with Crippen LogP contribution in [0.1, 0.15) is 5.56 Å². The Balaban J connectivity index is 2.66. The smallest absolute Gasteiger partial charge is 0.133 e. The molecule has 1 aromatic carbocycles. The van der Waals surface area contributed by atoms with Gasteiger partial charge in [-0.15, -0.1) is 0 Å². The maximum atomic E-state index is 8.88. The van der Waals surface area contributed by atoms with Gasteiger partial charge >= 0.3 is 0 Å². The van der Waals surface area contributed by atoms with Crippen LogP contribution in [0.25, 0.3) is 0 Å². The van der Waals surface area contributed by atoms with Gasteiger partial charge in [0.1, 0.15) is 19.0 Å². The topological polar surface area (TPSA) is 38.7 Å². The Hall–Kier alpha value is -0.580. The van der Waals surface area contributed by atoms with Crippen LogP contribution in [0.4, 0.5) is 0 Å². The molecule has 14 heavy (non-hydrogen) atoms. The van der Waals surface area contributed by atoms with E-state index in [2.05, 4.69) is 15.9 Å². The zero-order chi connectivity index (χ0) is 10.4. The lowest BCUT2D eigenvalue weighted by molar-refractivity contribution is 0.146. The molecule has 0 atom stereocenters. The molecule has 0 aliphatic heterocycles. The van der Waals surface area contributed by atoms with E-state index >= 15 is 0 Å². The van der Waals surface area contributed by atoms with Crippen molar-refractivity contribution in [3.63, 3.8) is 0 Å². The van der Waals surface area contributed by atoms with Crippen molar-refractivity contribution in [2.24, 2.45) is 0 Å². The van der Waals surface area contributed by atoms with Crippen LogP contribution in [-0.4, -0.2) is 25.4 Å². The van der Waals surface area contributed by atoms with Crippen LogP contribution in [0.5, 0.6) is 5.75 Å². The first-order valence-corrected chi connectivity index (χ1v) is 4.96. The van der Waals surface area contributed by atoms with Gasteiger partial charge in [0.25, 0.3) is 0 Å². The van der Waals surface area contributed by atoms with Gasteiger partial charge in [0, 0.05) is 12.7 Å². The van der Waals surface area contributed by atoms with Crippen LogP contribution in [0.15, 0.2) is 22.7 Å². The van der Waals surface area contributed by atoms with Crippen LogP contribution in [-0.2, 0) is 4.74 Å². The summed E-state index contributed by atoms with van der Waals surface area (Å²) in [5.74, 6) is 0.699. The molecule has 0 unspecified atom stereocenters. The molecule has 4 heteroatoms. The summed E-state index contributed by atoms with van der Waals surface area (Å²) in [5, 5.41) is 8.88. The van der Waals surface area contributed by atoms with Gasteiger partial charge in [0.05, 0.1) is 11.1 Å². The fourth-order valence-electron chi connectivity index (χ4n) is 0.974. The standard InChI is InChI=1S/C10H12BrO3/c1-13-5-6-14-9-4-2-3-8(7-12)10(9)11/h2-4,7,12H,5-6H2,1H3. The highest BCUT2D eigenvalue weighted by atomic mass is 79.9. The van der Waals surface area contributed by atoms with Gasteiger partial charge in [-0.1, -0.05) is 12.1 Å². The summed E-state index contributed by atoms with van der Waals surface area (Å²) in [6.45, 7) is 2.07. The molecule has 1 N–H and O–H groups in total. The summed E-state index contributed by atoms with van der Waals surface area (Å²) < 4.78 is 11.0. The van der Waals surface area contributed by atoms with Gasteiger partial charge in [-0.2, -0.15) is 0 Å². The van der Waals surface area contributed by atoms with E-state index in [1.807, 2.05) is 12.1 Å². The zero-order valence-corrected chi connectivity index (χ0v) is 9.45. The molecule has 1 rings (SSSR count). The lowest BCUT2D eigenvalue weighted by atomic mass is 10.2. The number of methoxy groups -OCH3 is 1. The maximum absolute atomic E-state index is 8.88. The third-order valence-corrected chi connectivity index (χ3v) is 2.53. The van der Waals surface area contributed by atoms with Crippen molar-refractivity contribution in [1.82, 2.24) is 0 Å². The number of rotatable bonds is 5. The maximum Gasteiger partial charge on any atom is 0.133 e. The molecule has 1 radical (unpaired) electrons. The molecule has 0 aromatic heterocycles. The summed E-state index contributed by atoms with van der Waals surface area (Å²) in [5.41, 5.74) is 0.694. The zero-order valence-electron chi connectivity index (χ0n) is 7.87. The van der Waals surface area contributed by atoms with Crippen molar-refractivity contribution in [3.05, 3.63) is 34.8 Å². The quantitative estimate of drug-likeness (QED) is 0.826. The van der Waals surface area contributed by atoms with E-state index in [1.165, 1.54) is 0 Å². The first-order chi connectivity index (χ1) is 6.79. The van der Waals surface area contributed by atoms with Gasteiger partial charge < -0.3 is 14.6 Å². The normalized spacial score (nSPS) is 10.2. The third-order valence-electron chi connectivity index (χ3n) is 1.68. The minimum absolute atomic E-state index is 0.490. The average molecular weight is 260 g/mol. The average Bonchev–Trinajstić information content (AvgIpc) is 2.21. The van der Waals surface area contributed by atoms with E-state index in [-0.39, 0.29) is 0 Å². The van der Waals surface area contributed by atoms with E-state index in [0.29, 0.717) is 24.5 Å². The Morgan fingerprint density at radius 3 is 2.86 bits per heavy atom.